The number of rotatable bonds is 4. The first kappa shape index (κ1) is 12.9. The van der Waals surface area contributed by atoms with Crippen LogP contribution in [0.5, 0.6) is 0 Å². The number of hydrogen-bond donors (Lipinski definition) is 0. The smallest absolute Gasteiger partial charge is 0.340 e. The van der Waals surface area contributed by atoms with Crippen molar-refractivity contribution in [3.63, 3.8) is 0 Å². The minimum absolute atomic E-state index is 0.0230. The molecule has 0 radical (unpaired) electrons. The van der Waals surface area contributed by atoms with Crippen LogP contribution in [0, 0.1) is 10.1 Å². The van der Waals surface area contributed by atoms with Gasteiger partial charge in [0.15, 0.2) is 0 Å². The van der Waals surface area contributed by atoms with E-state index in [1.165, 1.54) is 30.8 Å². The van der Waals surface area contributed by atoms with Crippen molar-refractivity contribution in [2.24, 2.45) is 4.99 Å². The Labute approximate surface area is 102 Å². The number of nitro groups is 1. The molecule has 0 aliphatic carbocycles. The van der Waals surface area contributed by atoms with Crippen LogP contribution in [0.25, 0.3) is 0 Å². The number of hydrogen-bond acceptors (Lipinski definition) is 6. The molecule has 0 bridgehead atoms. The predicted molar refractivity (Wildman–Crippen MR) is 66.2 cm³/mol. The van der Waals surface area contributed by atoms with E-state index >= 15 is 0 Å². The molecule has 0 spiro atoms. The summed E-state index contributed by atoms with van der Waals surface area (Å²) in [6, 6.07) is 3.73. The first-order chi connectivity index (χ1) is 8.10. The molecule has 0 aromatic heterocycles. The summed E-state index contributed by atoms with van der Waals surface area (Å²) in [6.45, 7) is 0. The third-order valence-corrected chi connectivity index (χ3v) is 1.99. The van der Waals surface area contributed by atoms with Crippen molar-refractivity contribution in [1.82, 2.24) is 0 Å². The molecular weight excluding hydrogens is 244 g/mol. The van der Waals surface area contributed by atoms with Gasteiger partial charge < -0.3 is 4.74 Å². The molecule has 0 unspecified atom stereocenters. The SMILES string of the molecule is COC(=O)c1cc([N+](=O)[O-])ccc1N=CC=S. The molecule has 6 nitrogen and oxygen atoms in total. The molecule has 0 saturated carbocycles. The fourth-order valence-electron chi connectivity index (χ4n) is 1.13. The van der Waals surface area contributed by atoms with Crippen LogP contribution in [0.3, 0.4) is 0 Å². The van der Waals surface area contributed by atoms with E-state index in [0.717, 1.165) is 6.07 Å². The zero-order valence-corrected chi connectivity index (χ0v) is 9.64. The summed E-state index contributed by atoms with van der Waals surface area (Å²) in [5, 5.41) is 11.8. The molecular formula is C10H8N2O4S. The Morgan fingerprint density at radius 3 is 2.82 bits per heavy atom. The van der Waals surface area contributed by atoms with Gasteiger partial charge in [0.2, 0.25) is 0 Å². The summed E-state index contributed by atoms with van der Waals surface area (Å²) in [4.78, 5) is 25.3. The van der Waals surface area contributed by atoms with E-state index in [-0.39, 0.29) is 16.9 Å². The second-order valence-electron chi connectivity index (χ2n) is 2.86. The Kier molecular flexibility index (Phi) is 4.41. The Balaban J connectivity index is 3.30. The zero-order chi connectivity index (χ0) is 12.8. The summed E-state index contributed by atoms with van der Waals surface area (Å²) >= 11 is 4.56. The molecule has 0 atom stereocenters. The molecule has 1 aromatic rings. The maximum absolute atomic E-state index is 11.4. The summed E-state index contributed by atoms with van der Waals surface area (Å²) in [5.74, 6) is -0.690. The van der Waals surface area contributed by atoms with Gasteiger partial charge in [-0.2, -0.15) is 0 Å². The Hall–Kier alpha value is -2.15. The average Bonchev–Trinajstić information content (AvgIpc) is 2.35. The van der Waals surface area contributed by atoms with Crippen LogP contribution < -0.4 is 0 Å². The van der Waals surface area contributed by atoms with Gasteiger partial charge in [0, 0.05) is 23.7 Å². The number of carbonyl (C=O) groups is 1. The van der Waals surface area contributed by atoms with Crippen molar-refractivity contribution in [2.45, 2.75) is 0 Å². The molecule has 0 aliphatic heterocycles. The van der Waals surface area contributed by atoms with Crippen molar-refractivity contribution in [2.75, 3.05) is 7.11 Å². The fourth-order valence-corrected chi connectivity index (χ4v) is 1.20. The number of carbonyl (C=O) groups excluding carboxylic acids is 1. The van der Waals surface area contributed by atoms with E-state index in [2.05, 4.69) is 21.9 Å². The second-order valence-corrected chi connectivity index (χ2v) is 3.14. The van der Waals surface area contributed by atoms with Crippen LogP contribution in [0.4, 0.5) is 11.4 Å². The van der Waals surface area contributed by atoms with E-state index < -0.39 is 10.9 Å². The number of methoxy groups -OCH3 is 1. The lowest BCUT2D eigenvalue weighted by atomic mass is 10.1. The summed E-state index contributed by atoms with van der Waals surface area (Å²) in [6.07, 6.45) is 1.31. The lowest BCUT2D eigenvalue weighted by molar-refractivity contribution is -0.384. The summed E-state index contributed by atoms with van der Waals surface area (Å²) in [7, 11) is 1.19. The van der Waals surface area contributed by atoms with Gasteiger partial charge in [0.1, 0.15) is 0 Å². The largest absolute Gasteiger partial charge is 0.465 e. The third kappa shape index (κ3) is 3.15. The first-order valence-corrected chi connectivity index (χ1v) is 4.92. The molecule has 7 heteroatoms. The van der Waals surface area contributed by atoms with Gasteiger partial charge in [-0.05, 0) is 6.07 Å². The number of nitro benzene ring substituents is 1. The van der Waals surface area contributed by atoms with E-state index in [4.69, 9.17) is 0 Å². The monoisotopic (exact) mass is 252 g/mol. The van der Waals surface area contributed by atoms with Gasteiger partial charge in [0.05, 0.1) is 23.3 Å². The molecule has 0 fully saturated rings. The first-order valence-electron chi connectivity index (χ1n) is 4.44. The number of ether oxygens (including phenoxy) is 1. The number of non-ortho nitro benzene ring substituents is 1. The van der Waals surface area contributed by atoms with Gasteiger partial charge in [-0.3, -0.25) is 15.1 Å². The van der Waals surface area contributed by atoms with Crippen LogP contribution in [-0.2, 0) is 4.74 Å². The van der Waals surface area contributed by atoms with Crippen LogP contribution in [0.1, 0.15) is 10.4 Å². The maximum Gasteiger partial charge on any atom is 0.340 e. The average molecular weight is 252 g/mol. The zero-order valence-electron chi connectivity index (χ0n) is 8.82. The highest BCUT2D eigenvalue weighted by Crippen LogP contribution is 2.24. The van der Waals surface area contributed by atoms with Crippen LogP contribution in [0.15, 0.2) is 23.2 Å². The number of benzene rings is 1. The molecule has 0 aliphatic rings. The number of nitrogens with zero attached hydrogens (tertiary/aromatic N) is 2. The van der Waals surface area contributed by atoms with Crippen molar-refractivity contribution in [1.29, 1.82) is 0 Å². The highest BCUT2D eigenvalue weighted by atomic mass is 32.1. The molecule has 0 heterocycles. The molecule has 1 aromatic carbocycles. The lowest BCUT2D eigenvalue weighted by Crippen LogP contribution is -2.02. The minimum Gasteiger partial charge on any atom is -0.465 e. The molecule has 0 N–H and O–H groups in total. The van der Waals surface area contributed by atoms with E-state index in [9.17, 15) is 14.9 Å². The van der Waals surface area contributed by atoms with E-state index in [0.29, 0.717) is 0 Å². The van der Waals surface area contributed by atoms with Gasteiger partial charge in [-0.25, -0.2) is 4.79 Å². The van der Waals surface area contributed by atoms with Crippen molar-refractivity contribution in [3.05, 3.63) is 33.9 Å². The van der Waals surface area contributed by atoms with Crippen LogP contribution >= 0.6 is 12.2 Å². The van der Waals surface area contributed by atoms with Crippen molar-refractivity contribution in [3.8, 4) is 0 Å². The van der Waals surface area contributed by atoms with Gasteiger partial charge in [-0.15, -0.1) is 0 Å². The highest BCUT2D eigenvalue weighted by molar-refractivity contribution is 7.80. The quantitative estimate of drug-likeness (QED) is 0.269. The van der Waals surface area contributed by atoms with Gasteiger partial charge in [-0.1, -0.05) is 12.2 Å². The predicted octanol–water partition coefficient (Wildman–Crippen LogP) is 2.08. The van der Waals surface area contributed by atoms with Crippen LogP contribution in [0.2, 0.25) is 0 Å². The molecule has 1 rings (SSSR count). The Morgan fingerprint density at radius 1 is 1.59 bits per heavy atom. The summed E-state index contributed by atoms with van der Waals surface area (Å²) < 4.78 is 4.52. The second kappa shape index (κ2) is 5.80. The fraction of sp³-hybridized carbons (Fsp3) is 0.100. The van der Waals surface area contributed by atoms with Crippen molar-refractivity contribution >= 4 is 41.1 Å². The number of esters is 1. The molecule has 17 heavy (non-hydrogen) atoms. The van der Waals surface area contributed by atoms with Crippen LogP contribution in [-0.4, -0.2) is 29.6 Å². The number of thiocarbonyl (C=S) groups is 1. The normalized spacial score (nSPS) is 10.2. The van der Waals surface area contributed by atoms with E-state index in [1.54, 1.807) is 0 Å². The topological polar surface area (TPSA) is 81.8 Å². The lowest BCUT2D eigenvalue weighted by Gasteiger charge is -2.02. The third-order valence-electron chi connectivity index (χ3n) is 1.87. The minimum atomic E-state index is -0.690. The standard InChI is InChI=1S/C10H8N2O4S/c1-16-10(13)8-6-7(12(14)15)2-3-9(8)11-4-5-17/h2-6H,1H3. The van der Waals surface area contributed by atoms with Gasteiger partial charge >= 0.3 is 5.97 Å². The van der Waals surface area contributed by atoms with Crippen molar-refractivity contribution < 1.29 is 14.5 Å². The molecule has 0 saturated heterocycles. The molecule has 88 valence electrons. The van der Waals surface area contributed by atoms with E-state index in [1.807, 2.05) is 0 Å². The maximum atomic E-state index is 11.4. The van der Waals surface area contributed by atoms with Gasteiger partial charge in [0.25, 0.3) is 5.69 Å². The number of aliphatic imine (C=N–C) groups is 1. The Morgan fingerprint density at radius 2 is 2.29 bits per heavy atom. The highest BCUT2D eigenvalue weighted by Gasteiger charge is 2.16. The Bertz CT molecular complexity index is 499. The molecule has 0 amide bonds. The summed E-state index contributed by atoms with van der Waals surface area (Å²) in [5.41, 5.74) is 0.0880.